The number of anilines is 1. The maximum absolute atomic E-state index is 9.67. The lowest BCUT2D eigenvalue weighted by Gasteiger charge is -2.34. The Kier molecular flexibility index (Phi) is 6.56. The first-order valence-corrected chi connectivity index (χ1v) is 10.0. The van der Waals surface area contributed by atoms with Crippen molar-refractivity contribution in [3.8, 4) is 6.07 Å². The molecule has 0 radical (unpaired) electrons. The van der Waals surface area contributed by atoms with Gasteiger partial charge in [-0.15, -0.1) is 16.4 Å². The summed E-state index contributed by atoms with van der Waals surface area (Å²) < 4.78 is 5.50. The predicted molar refractivity (Wildman–Crippen MR) is 103 cm³/mol. The second-order valence-electron chi connectivity index (χ2n) is 6.23. The van der Waals surface area contributed by atoms with Gasteiger partial charge in [0.15, 0.2) is 5.82 Å². The fourth-order valence-electron chi connectivity index (χ4n) is 3.39. The van der Waals surface area contributed by atoms with Crippen molar-refractivity contribution in [2.45, 2.75) is 32.7 Å². The van der Waals surface area contributed by atoms with Gasteiger partial charge in [-0.2, -0.15) is 10.4 Å². The maximum Gasteiger partial charge on any atom is 0.167 e. The largest absolute Gasteiger partial charge is 0.379 e. The van der Waals surface area contributed by atoms with Crippen molar-refractivity contribution in [1.82, 2.24) is 15.1 Å². The first-order chi connectivity index (χ1) is 12.8. The van der Waals surface area contributed by atoms with Crippen LogP contribution < -0.4 is 5.32 Å². The molecule has 0 spiro atoms. The molecule has 7 heteroatoms. The number of aryl methyl sites for hydroxylation is 1. The predicted octanol–water partition coefficient (Wildman–Crippen LogP) is 3.02. The number of morpholine rings is 1. The molecular formula is C19H25N5OS. The third-order valence-corrected chi connectivity index (χ3v) is 5.75. The Balaban J connectivity index is 1.82. The summed E-state index contributed by atoms with van der Waals surface area (Å²) in [6, 6.07) is 6.82. The molecule has 3 rings (SSSR count). The van der Waals surface area contributed by atoms with Crippen molar-refractivity contribution in [3.05, 3.63) is 39.2 Å². The van der Waals surface area contributed by atoms with Crippen molar-refractivity contribution in [3.63, 3.8) is 0 Å². The van der Waals surface area contributed by atoms with Gasteiger partial charge in [0, 0.05) is 24.5 Å². The van der Waals surface area contributed by atoms with Gasteiger partial charge in [-0.1, -0.05) is 19.9 Å². The molecule has 1 aliphatic heterocycles. The molecule has 3 heterocycles. The van der Waals surface area contributed by atoms with Crippen LogP contribution in [0.3, 0.4) is 0 Å². The summed E-state index contributed by atoms with van der Waals surface area (Å²) in [5.74, 6) is 0.594. The first kappa shape index (κ1) is 18.8. The quantitative estimate of drug-likeness (QED) is 0.806. The van der Waals surface area contributed by atoms with Crippen LogP contribution in [0.25, 0.3) is 0 Å². The van der Waals surface area contributed by atoms with Gasteiger partial charge in [-0.05, 0) is 29.9 Å². The van der Waals surface area contributed by atoms with E-state index in [-0.39, 0.29) is 6.04 Å². The molecule has 0 amide bonds. The molecule has 1 N–H and O–H groups in total. The second-order valence-corrected chi connectivity index (χ2v) is 7.21. The zero-order valence-corrected chi connectivity index (χ0v) is 16.2. The Labute approximate surface area is 158 Å². The molecule has 1 saturated heterocycles. The van der Waals surface area contributed by atoms with E-state index in [1.807, 2.05) is 6.92 Å². The second kappa shape index (κ2) is 9.08. The van der Waals surface area contributed by atoms with Crippen LogP contribution >= 0.6 is 11.3 Å². The molecule has 2 aromatic rings. The number of nitriles is 1. The minimum Gasteiger partial charge on any atom is -0.379 e. The minimum absolute atomic E-state index is 0.239. The van der Waals surface area contributed by atoms with E-state index in [9.17, 15) is 5.26 Å². The Hall–Kier alpha value is -2.01. The van der Waals surface area contributed by atoms with Gasteiger partial charge in [-0.3, -0.25) is 4.90 Å². The highest BCUT2D eigenvalue weighted by Crippen LogP contribution is 2.27. The number of hydrogen-bond acceptors (Lipinski definition) is 7. The van der Waals surface area contributed by atoms with Gasteiger partial charge in [0.05, 0.1) is 24.9 Å². The number of nitrogens with one attached hydrogen (secondary N) is 1. The smallest absolute Gasteiger partial charge is 0.167 e. The van der Waals surface area contributed by atoms with Crippen LogP contribution in [0.2, 0.25) is 0 Å². The number of thiophene rings is 1. The van der Waals surface area contributed by atoms with E-state index in [0.29, 0.717) is 17.9 Å². The summed E-state index contributed by atoms with van der Waals surface area (Å²) >= 11 is 1.76. The summed E-state index contributed by atoms with van der Waals surface area (Å²) in [7, 11) is 0. The first-order valence-electron chi connectivity index (χ1n) is 9.16. The van der Waals surface area contributed by atoms with Crippen molar-refractivity contribution in [2.24, 2.45) is 0 Å². The third-order valence-electron chi connectivity index (χ3n) is 4.78. The Bertz CT molecular complexity index is 750. The highest BCUT2D eigenvalue weighted by Gasteiger charge is 2.24. The van der Waals surface area contributed by atoms with Gasteiger partial charge in [-0.25, -0.2) is 0 Å². The monoisotopic (exact) mass is 371 g/mol. The lowest BCUT2D eigenvalue weighted by atomic mass is 10.0. The zero-order chi connectivity index (χ0) is 18.4. The number of hydrogen-bond donors (Lipinski definition) is 1. The van der Waals surface area contributed by atoms with E-state index in [1.54, 1.807) is 11.3 Å². The zero-order valence-electron chi connectivity index (χ0n) is 15.4. The maximum atomic E-state index is 9.67. The summed E-state index contributed by atoms with van der Waals surface area (Å²) in [4.78, 5) is 3.75. The minimum atomic E-state index is 0.239. The Morgan fingerprint density at radius 1 is 1.31 bits per heavy atom. The van der Waals surface area contributed by atoms with Crippen LogP contribution in [0.4, 0.5) is 5.82 Å². The SMILES string of the molecule is CCc1nnc(NCC(c2cccs2)N2CCOCC2)c(C#N)c1CC. The van der Waals surface area contributed by atoms with Gasteiger partial charge < -0.3 is 10.1 Å². The molecule has 1 aliphatic rings. The molecule has 1 unspecified atom stereocenters. The van der Waals surface area contributed by atoms with Gasteiger partial charge in [0.1, 0.15) is 11.6 Å². The number of aromatic nitrogens is 2. The molecule has 1 atom stereocenters. The molecule has 0 bridgehead atoms. The van der Waals surface area contributed by atoms with Crippen molar-refractivity contribution < 1.29 is 4.74 Å². The molecule has 0 aliphatic carbocycles. The van der Waals surface area contributed by atoms with Crippen molar-refractivity contribution in [2.75, 3.05) is 38.2 Å². The van der Waals surface area contributed by atoms with Crippen LogP contribution in [0.1, 0.15) is 41.6 Å². The van der Waals surface area contributed by atoms with Crippen LogP contribution in [-0.2, 0) is 17.6 Å². The van der Waals surface area contributed by atoms with E-state index >= 15 is 0 Å². The van der Waals surface area contributed by atoms with E-state index in [0.717, 1.165) is 50.4 Å². The molecule has 0 aromatic carbocycles. The molecule has 0 saturated carbocycles. The van der Waals surface area contributed by atoms with Gasteiger partial charge in [0.2, 0.25) is 0 Å². The average molecular weight is 372 g/mol. The lowest BCUT2D eigenvalue weighted by molar-refractivity contribution is 0.0194. The van der Waals surface area contributed by atoms with Gasteiger partial charge in [0.25, 0.3) is 0 Å². The highest BCUT2D eigenvalue weighted by atomic mass is 32.1. The molecule has 2 aromatic heterocycles. The lowest BCUT2D eigenvalue weighted by Crippen LogP contribution is -2.41. The van der Waals surface area contributed by atoms with E-state index < -0.39 is 0 Å². The Morgan fingerprint density at radius 2 is 2.12 bits per heavy atom. The third kappa shape index (κ3) is 4.04. The van der Waals surface area contributed by atoms with Crippen molar-refractivity contribution in [1.29, 1.82) is 5.26 Å². The fourth-order valence-corrected chi connectivity index (χ4v) is 4.25. The molecule has 138 valence electrons. The molecular weight excluding hydrogens is 346 g/mol. The van der Waals surface area contributed by atoms with Crippen LogP contribution in [0.15, 0.2) is 17.5 Å². The summed E-state index contributed by atoms with van der Waals surface area (Å²) in [6.07, 6.45) is 1.57. The van der Waals surface area contributed by atoms with Gasteiger partial charge >= 0.3 is 0 Å². The van der Waals surface area contributed by atoms with E-state index in [1.165, 1.54) is 4.88 Å². The van der Waals surface area contributed by atoms with Crippen molar-refractivity contribution >= 4 is 17.2 Å². The highest BCUT2D eigenvalue weighted by molar-refractivity contribution is 7.10. The van der Waals surface area contributed by atoms with Crippen LogP contribution in [0.5, 0.6) is 0 Å². The number of rotatable bonds is 7. The van der Waals surface area contributed by atoms with E-state index in [4.69, 9.17) is 4.74 Å². The molecule has 1 fully saturated rings. The van der Waals surface area contributed by atoms with Crippen LogP contribution in [-0.4, -0.2) is 47.9 Å². The Morgan fingerprint density at radius 3 is 2.73 bits per heavy atom. The van der Waals surface area contributed by atoms with E-state index in [2.05, 4.69) is 50.9 Å². The standard InChI is InChI=1S/C19H25N5OS/c1-3-14-15(12-20)19(23-22-16(14)4-2)21-13-17(18-6-5-11-26-18)24-7-9-25-10-8-24/h5-6,11,17H,3-4,7-10,13H2,1-2H3,(H,21,23). The molecule has 6 nitrogen and oxygen atoms in total. The average Bonchev–Trinajstić information content (AvgIpc) is 3.22. The van der Waals surface area contributed by atoms with Crippen LogP contribution in [0, 0.1) is 11.3 Å². The number of ether oxygens (including phenoxy) is 1. The summed E-state index contributed by atoms with van der Waals surface area (Å²) in [5, 5.41) is 23.8. The number of nitrogens with zero attached hydrogens (tertiary/aromatic N) is 4. The topological polar surface area (TPSA) is 74.1 Å². The normalized spacial score (nSPS) is 16.2. The summed E-state index contributed by atoms with van der Waals surface area (Å²) in [5.41, 5.74) is 2.55. The fraction of sp³-hybridized carbons (Fsp3) is 0.526. The molecule has 26 heavy (non-hydrogen) atoms. The summed E-state index contributed by atoms with van der Waals surface area (Å²) in [6.45, 7) is 8.14.